The first-order valence-electron chi connectivity index (χ1n) is 3.85. The Hall–Kier alpha value is -0.160. The SMILES string of the molecule is O[C@@H]1C2CC([C@@H]1O)[C@H](O)[C@H]2O. The van der Waals surface area contributed by atoms with Crippen molar-refractivity contribution in [3.8, 4) is 0 Å². The molecule has 4 heteroatoms. The van der Waals surface area contributed by atoms with E-state index >= 15 is 0 Å². The molecule has 0 aromatic rings. The minimum atomic E-state index is -0.849. The van der Waals surface area contributed by atoms with Gasteiger partial charge in [-0.3, -0.25) is 0 Å². The zero-order valence-corrected chi connectivity index (χ0v) is 5.96. The summed E-state index contributed by atoms with van der Waals surface area (Å²) in [6.07, 6.45) is -2.86. The van der Waals surface area contributed by atoms with Crippen LogP contribution in [-0.2, 0) is 0 Å². The van der Waals surface area contributed by atoms with Crippen LogP contribution in [0.15, 0.2) is 0 Å². The summed E-state index contributed by atoms with van der Waals surface area (Å²) in [5.74, 6) is -0.657. The van der Waals surface area contributed by atoms with Gasteiger partial charge in [-0.2, -0.15) is 0 Å². The molecule has 2 unspecified atom stereocenters. The largest absolute Gasteiger partial charge is 0.390 e. The lowest BCUT2D eigenvalue weighted by atomic mass is 9.90. The van der Waals surface area contributed by atoms with Crippen LogP contribution in [0.3, 0.4) is 0 Å². The molecular formula is C7H12O4. The Labute approximate surface area is 64.1 Å². The molecule has 2 aliphatic rings. The van der Waals surface area contributed by atoms with Crippen molar-refractivity contribution in [2.45, 2.75) is 30.8 Å². The Morgan fingerprint density at radius 3 is 1.09 bits per heavy atom. The maximum absolute atomic E-state index is 9.25. The molecule has 11 heavy (non-hydrogen) atoms. The quantitative estimate of drug-likeness (QED) is 0.333. The van der Waals surface area contributed by atoms with Crippen LogP contribution in [0.25, 0.3) is 0 Å². The molecule has 2 fully saturated rings. The van der Waals surface area contributed by atoms with Gasteiger partial charge in [0, 0.05) is 11.8 Å². The zero-order valence-electron chi connectivity index (χ0n) is 5.96. The summed E-state index contributed by atoms with van der Waals surface area (Å²) < 4.78 is 0. The summed E-state index contributed by atoms with van der Waals surface area (Å²) in [4.78, 5) is 0. The van der Waals surface area contributed by atoms with Gasteiger partial charge in [0.1, 0.15) is 0 Å². The summed E-state index contributed by atoms with van der Waals surface area (Å²) >= 11 is 0. The van der Waals surface area contributed by atoms with Gasteiger partial charge < -0.3 is 20.4 Å². The van der Waals surface area contributed by atoms with Gasteiger partial charge in [0.25, 0.3) is 0 Å². The first-order chi connectivity index (χ1) is 5.13. The van der Waals surface area contributed by atoms with Crippen molar-refractivity contribution in [1.82, 2.24) is 0 Å². The number of hydrogen-bond donors (Lipinski definition) is 4. The van der Waals surface area contributed by atoms with Gasteiger partial charge in [-0.1, -0.05) is 0 Å². The van der Waals surface area contributed by atoms with Crippen molar-refractivity contribution in [3.05, 3.63) is 0 Å². The van der Waals surface area contributed by atoms with E-state index in [1.54, 1.807) is 0 Å². The maximum atomic E-state index is 9.25. The summed E-state index contributed by atoms with van der Waals surface area (Å²) in [5, 5.41) is 37.0. The van der Waals surface area contributed by atoms with Crippen molar-refractivity contribution in [1.29, 1.82) is 0 Å². The molecule has 4 N–H and O–H groups in total. The van der Waals surface area contributed by atoms with Gasteiger partial charge in [-0.05, 0) is 6.42 Å². The molecule has 2 bridgehead atoms. The second-order valence-electron chi connectivity index (χ2n) is 3.53. The number of hydrogen-bond acceptors (Lipinski definition) is 4. The molecule has 2 rings (SSSR count). The fourth-order valence-corrected chi connectivity index (χ4v) is 2.29. The van der Waals surface area contributed by atoms with Crippen molar-refractivity contribution in [2.24, 2.45) is 11.8 Å². The lowest BCUT2D eigenvalue weighted by Gasteiger charge is -2.30. The summed E-state index contributed by atoms with van der Waals surface area (Å²) in [5.41, 5.74) is 0. The van der Waals surface area contributed by atoms with Crippen LogP contribution in [-0.4, -0.2) is 44.8 Å². The third-order valence-electron chi connectivity index (χ3n) is 3.00. The van der Waals surface area contributed by atoms with Crippen LogP contribution in [0, 0.1) is 11.8 Å². The Morgan fingerprint density at radius 2 is 0.909 bits per heavy atom. The van der Waals surface area contributed by atoms with Crippen molar-refractivity contribution >= 4 is 0 Å². The van der Waals surface area contributed by atoms with Gasteiger partial charge in [0.2, 0.25) is 0 Å². The molecule has 2 aliphatic carbocycles. The Morgan fingerprint density at radius 1 is 0.636 bits per heavy atom. The molecule has 4 nitrogen and oxygen atoms in total. The Bertz CT molecular complexity index is 138. The molecular weight excluding hydrogens is 148 g/mol. The number of aliphatic hydroxyl groups excluding tert-OH is 4. The maximum Gasteiger partial charge on any atom is 0.0856 e. The van der Waals surface area contributed by atoms with Crippen LogP contribution in [0.2, 0.25) is 0 Å². The van der Waals surface area contributed by atoms with E-state index in [9.17, 15) is 20.4 Å². The number of fused-ring (bicyclic) bond motifs is 2. The van der Waals surface area contributed by atoms with E-state index < -0.39 is 24.4 Å². The van der Waals surface area contributed by atoms with Crippen LogP contribution in [0.4, 0.5) is 0 Å². The van der Waals surface area contributed by atoms with Gasteiger partial charge in [-0.15, -0.1) is 0 Å². The van der Waals surface area contributed by atoms with E-state index in [1.807, 2.05) is 0 Å². The number of aliphatic hydroxyl groups is 4. The summed E-state index contributed by atoms with van der Waals surface area (Å²) in [6.45, 7) is 0. The predicted octanol–water partition coefficient (Wildman–Crippen LogP) is -1.92. The zero-order chi connectivity index (χ0) is 8.17. The highest BCUT2D eigenvalue weighted by Gasteiger charge is 2.56. The van der Waals surface area contributed by atoms with Crippen LogP contribution in [0.1, 0.15) is 6.42 Å². The summed E-state index contributed by atoms with van der Waals surface area (Å²) in [7, 11) is 0. The standard InChI is InChI=1S/C7H12O4/c8-4-2-1-3(6(4)10)7(11)5(2)9/h2-11H,1H2/t2?,3?,4-,5-,6-,7+/m0/s1. The molecule has 0 aromatic carbocycles. The second kappa shape index (κ2) is 2.17. The molecule has 0 aromatic heterocycles. The highest BCUT2D eigenvalue weighted by Crippen LogP contribution is 2.44. The number of rotatable bonds is 0. The van der Waals surface area contributed by atoms with E-state index in [4.69, 9.17) is 0 Å². The molecule has 0 heterocycles. The van der Waals surface area contributed by atoms with Crippen LogP contribution in [0.5, 0.6) is 0 Å². The molecule has 0 saturated heterocycles. The van der Waals surface area contributed by atoms with Gasteiger partial charge in [0.15, 0.2) is 0 Å². The monoisotopic (exact) mass is 160 g/mol. The van der Waals surface area contributed by atoms with Gasteiger partial charge in [0.05, 0.1) is 24.4 Å². The first kappa shape index (κ1) is 7.49. The highest BCUT2D eigenvalue weighted by molar-refractivity contribution is 5.06. The van der Waals surface area contributed by atoms with E-state index in [2.05, 4.69) is 0 Å². The van der Waals surface area contributed by atoms with Crippen molar-refractivity contribution in [3.63, 3.8) is 0 Å². The second-order valence-corrected chi connectivity index (χ2v) is 3.53. The summed E-state index contributed by atoms with van der Waals surface area (Å²) in [6, 6.07) is 0. The average molecular weight is 160 g/mol. The van der Waals surface area contributed by atoms with Crippen LogP contribution < -0.4 is 0 Å². The smallest absolute Gasteiger partial charge is 0.0856 e. The lowest BCUT2D eigenvalue weighted by molar-refractivity contribution is -0.116. The van der Waals surface area contributed by atoms with E-state index in [0.717, 1.165) is 0 Å². The predicted molar refractivity (Wildman–Crippen MR) is 35.6 cm³/mol. The molecule has 0 amide bonds. The third-order valence-corrected chi connectivity index (χ3v) is 3.00. The molecule has 0 spiro atoms. The van der Waals surface area contributed by atoms with E-state index in [-0.39, 0.29) is 11.8 Å². The van der Waals surface area contributed by atoms with Gasteiger partial charge in [-0.25, -0.2) is 0 Å². The lowest BCUT2D eigenvalue weighted by Crippen LogP contribution is -2.47. The normalized spacial score (nSPS) is 62.2. The average Bonchev–Trinajstić information content (AvgIpc) is 2.40. The first-order valence-corrected chi connectivity index (χ1v) is 3.85. The fraction of sp³-hybridized carbons (Fsp3) is 1.00. The molecule has 2 saturated carbocycles. The highest BCUT2D eigenvalue weighted by atomic mass is 16.4. The Balaban J connectivity index is 2.21. The molecule has 0 radical (unpaired) electrons. The molecule has 64 valence electrons. The third kappa shape index (κ3) is 0.780. The topological polar surface area (TPSA) is 80.9 Å². The van der Waals surface area contributed by atoms with Crippen molar-refractivity contribution < 1.29 is 20.4 Å². The van der Waals surface area contributed by atoms with Gasteiger partial charge >= 0.3 is 0 Å². The van der Waals surface area contributed by atoms with E-state index in [1.165, 1.54) is 0 Å². The minimum absolute atomic E-state index is 0.329. The van der Waals surface area contributed by atoms with Crippen LogP contribution >= 0.6 is 0 Å². The van der Waals surface area contributed by atoms with Crippen molar-refractivity contribution in [2.75, 3.05) is 0 Å². The fourth-order valence-electron chi connectivity index (χ4n) is 2.29. The molecule has 6 atom stereocenters. The Kier molecular flexibility index (Phi) is 1.47. The molecule has 0 aliphatic heterocycles. The van der Waals surface area contributed by atoms with E-state index in [0.29, 0.717) is 6.42 Å². The minimum Gasteiger partial charge on any atom is -0.390 e.